The summed E-state index contributed by atoms with van der Waals surface area (Å²) in [5.74, 6) is 1.23. The van der Waals surface area contributed by atoms with Crippen LogP contribution in [-0.4, -0.2) is 29.9 Å². The molecule has 7 aromatic carbocycles. The van der Waals surface area contributed by atoms with E-state index in [1.807, 2.05) is 97.1 Å². The van der Waals surface area contributed by atoms with Gasteiger partial charge in [0.15, 0.2) is 11.6 Å². The summed E-state index contributed by atoms with van der Waals surface area (Å²) in [4.78, 5) is 31.9. The molecule has 0 amide bonds. The quantitative estimate of drug-likeness (QED) is 0.158. The zero-order valence-corrected chi connectivity index (χ0v) is 31.2. The van der Waals surface area contributed by atoms with E-state index in [2.05, 4.69) is 97.1 Å². The highest BCUT2D eigenvalue weighted by Gasteiger charge is 2.21. The highest BCUT2D eigenvalue weighted by Crippen LogP contribution is 2.40. The average molecular weight is 741 g/mol. The third kappa shape index (κ3) is 5.83. The zero-order valence-electron chi connectivity index (χ0n) is 31.2. The molecule has 0 bridgehead atoms. The fraction of sp³-hybridized carbons (Fsp3) is 0. The highest BCUT2D eigenvalue weighted by atomic mass is 14.9. The average Bonchev–Trinajstić information content (AvgIpc) is 3.31. The van der Waals surface area contributed by atoms with Crippen molar-refractivity contribution in [2.24, 2.45) is 0 Å². The summed E-state index contributed by atoms with van der Waals surface area (Å²) in [7, 11) is 0. The number of fused-ring (bicyclic) bond motifs is 5. The largest absolute Gasteiger partial charge is 0.245 e. The predicted molar refractivity (Wildman–Crippen MR) is 236 cm³/mol. The number of hydrogen-bond donors (Lipinski definition) is 0. The third-order valence-corrected chi connectivity index (χ3v) is 10.7. The van der Waals surface area contributed by atoms with E-state index in [-0.39, 0.29) is 0 Å². The maximum Gasteiger partial charge on any atom is 0.161 e. The molecular formula is C52H32N6. The van der Waals surface area contributed by atoms with Crippen molar-refractivity contribution >= 4 is 43.6 Å². The van der Waals surface area contributed by atoms with Crippen LogP contribution in [0.5, 0.6) is 0 Å². The lowest BCUT2D eigenvalue weighted by molar-refractivity contribution is 1.23. The topological polar surface area (TPSA) is 77.3 Å². The van der Waals surface area contributed by atoms with E-state index in [4.69, 9.17) is 29.9 Å². The van der Waals surface area contributed by atoms with Gasteiger partial charge in [-0.05, 0) is 24.3 Å². The van der Waals surface area contributed by atoms with Gasteiger partial charge in [-0.15, -0.1) is 0 Å². The molecule has 0 aliphatic rings. The minimum atomic E-state index is 0.617. The Labute approximate surface area is 334 Å². The summed E-state index contributed by atoms with van der Waals surface area (Å²) in [5, 5.41) is 3.78. The molecule has 6 nitrogen and oxygen atoms in total. The van der Waals surface area contributed by atoms with Crippen molar-refractivity contribution in [3.63, 3.8) is 0 Å². The molecule has 270 valence electrons. The van der Waals surface area contributed by atoms with Crippen molar-refractivity contribution in [3.8, 4) is 67.8 Å². The van der Waals surface area contributed by atoms with Crippen LogP contribution in [0.25, 0.3) is 111 Å². The van der Waals surface area contributed by atoms with Crippen molar-refractivity contribution in [2.75, 3.05) is 0 Å². The van der Waals surface area contributed by atoms with Crippen molar-refractivity contribution in [3.05, 3.63) is 194 Å². The molecular weight excluding hydrogens is 709 g/mol. The summed E-state index contributed by atoms with van der Waals surface area (Å²) >= 11 is 0. The number of benzene rings is 7. The maximum absolute atomic E-state index is 5.43. The standard InChI is InChI=1S/C52H32N6/c1-5-17-33(18-6-1)45-31-41(51-55-43-27-15-13-25-39(43)47(57-51)35-21-9-3-10-22-35)37-29-30-38-42(32-46(34-19-7-2-8-20-34)54-50(38)49(37)53-45)52-56-44-28-16-14-26-40(44)48(58-52)36-23-11-4-12-24-36/h1-32H. The first-order valence-electron chi connectivity index (χ1n) is 19.3. The summed E-state index contributed by atoms with van der Waals surface area (Å²) in [6, 6.07) is 66.0. The van der Waals surface area contributed by atoms with Gasteiger partial charge < -0.3 is 0 Å². The van der Waals surface area contributed by atoms with Crippen molar-refractivity contribution in [1.29, 1.82) is 0 Å². The van der Waals surface area contributed by atoms with Gasteiger partial charge in [-0.2, -0.15) is 0 Å². The van der Waals surface area contributed by atoms with Gasteiger partial charge in [0.2, 0.25) is 0 Å². The zero-order chi connectivity index (χ0) is 38.4. The van der Waals surface area contributed by atoms with Gasteiger partial charge in [0.05, 0.1) is 44.8 Å². The van der Waals surface area contributed by atoms with Crippen LogP contribution in [0.15, 0.2) is 194 Å². The number of para-hydroxylation sites is 2. The van der Waals surface area contributed by atoms with Crippen LogP contribution in [-0.2, 0) is 0 Å². The van der Waals surface area contributed by atoms with Gasteiger partial charge in [-0.1, -0.05) is 170 Å². The molecule has 0 aliphatic heterocycles. The molecule has 4 aromatic heterocycles. The monoisotopic (exact) mass is 740 g/mol. The first-order valence-corrected chi connectivity index (χ1v) is 19.3. The van der Waals surface area contributed by atoms with Crippen LogP contribution in [0.4, 0.5) is 0 Å². The number of nitrogens with zero attached hydrogens (tertiary/aromatic N) is 6. The minimum absolute atomic E-state index is 0.617. The van der Waals surface area contributed by atoms with Crippen molar-refractivity contribution in [1.82, 2.24) is 29.9 Å². The Morgan fingerprint density at radius 3 is 1.00 bits per heavy atom. The van der Waals surface area contributed by atoms with E-state index in [0.29, 0.717) is 11.6 Å². The van der Waals surface area contributed by atoms with E-state index < -0.39 is 0 Å². The molecule has 0 N–H and O–H groups in total. The molecule has 4 heterocycles. The lowest BCUT2D eigenvalue weighted by Crippen LogP contribution is -2.00. The number of rotatable bonds is 6. The van der Waals surface area contributed by atoms with Crippen LogP contribution >= 0.6 is 0 Å². The van der Waals surface area contributed by atoms with Crippen LogP contribution < -0.4 is 0 Å². The molecule has 0 unspecified atom stereocenters. The lowest BCUT2D eigenvalue weighted by Gasteiger charge is -2.16. The van der Waals surface area contributed by atoms with Crippen molar-refractivity contribution in [2.45, 2.75) is 0 Å². The second kappa shape index (κ2) is 14.0. The Bertz CT molecular complexity index is 3090. The van der Waals surface area contributed by atoms with E-state index >= 15 is 0 Å². The van der Waals surface area contributed by atoms with Crippen LogP contribution in [0, 0.1) is 0 Å². The second-order valence-electron chi connectivity index (χ2n) is 14.3. The van der Waals surface area contributed by atoms with Gasteiger partial charge in [0.25, 0.3) is 0 Å². The highest BCUT2D eigenvalue weighted by molar-refractivity contribution is 6.13. The molecule has 0 radical (unpaired) electrons. The molecule has 0 fully saturated rings. The van der Waals surface area contributed by atoms with E-state index in [9.17, 15) is 0 Å². The van der Waals surface area contributed by atoms with Gasteiger partial charge >= 0.3 is 0 Å². The molecule has 0 atom stereocenters. The van der Waals surface area contributed by atoms with Gasteiger partial charge in [0, 0.05) is 54.9 Å². The molecule has 0 spiro atoms. The summed E-state index contributed by atoms with van der Waals surface area (Å²) in [5.41, 5.74) is 12.3. The fourth-order valence-electron chi connectivity index (χ4n) is 7.88. The van der Waals surface area contributed by atoms with Crippen molar-refractivity contribution < 1.29 is 0 Å². The number of aromatic nitrogens is 6. The molecule has 0 saturated heterocycles. The van der Waals surface area contributed by atoms with Crippen LogP contribution in [0.1, 0.15) is 0 Å². The molecule has 0 aliphatic carbocycles. The first kappa shape index (κ1) is 33.4. The van der Waals surface area contributed by atoms with Gasteiger partial charge in [-0.3, -0.25) is 0 Å². The van der Waals surface area contributed by atoms with Gasteiger partial charge in [0.1, 0.15) is 0 Å². The fourth-order valence-corrected chi connectivity index (χ4v) is 7.88. The lowest BCUT2D eigenvalue weighted by atomic mass is 9.97. The number of pyridine rings is 2. The molecule has 11 rings (SSSR count). The summed E-state index contributed by atoms with van der Waals surface area (Å²) in [6.45, 7) is 0. The molecule has 6 heteroatoms. The first-order chi connectivity index (χ1) is 28.7. The van der Waals surface area contributed by atoms with Gasteiger partial charge in [-0.25, -0.2) is 29.9 Å². The smallest absolute Gasteiger partial charge is 0.161 e. The Morgan fingerprint density at radius 2 is 0.603 bits per heavy atom. The second-order valence-corrected chi connectivity index (χ2v) is 14.3. The Hall–Kier alpha value is -7.96. The van der Waals surface area contributed by atoms with E-state index in [1.54, 1.807) is 0 Å². The normalized spacial score (nSPS) is 11.4. The SMILES string of the molecule is c1ccc(-c2cc(-c3nc(-c4ccccc4)c4ccccc4n3)c3ccc4c(-c5nc(-c6ccccc6)c6ccccc6n5)cc(-c5ccccc5)nc4c3n2)cc1. The van der Waals surface area contributed by atoms with E-state index in [1.165, 1.54) is 0 Å². The summed E-state index contributed by atoms with van der Waals surface area (Å²) < 4.78 is 0. The molecule has 0 saturated carbocycles. The minimum Gasteiger partial charge on any atom is -0.245 e. The van der Waals surface area contributed by atoms with Crippen LogP contribution in [0.3, 0.4) is 0 Å². The predicted octanol–water partition coefficient (Wildman–Crippen LogP) is 12.7. The Morgan fingerprint density at radius 1 is 0.259 bits per heavy atom. The number of hydrogen-bond acceptors (Lipinski definition) is 6. The third-order valence-electron chi connectivity index (χ3n) is 10.7. The van der Waals surface area contributed by atoms with E-state index in [0.717, 1.165) is 99.8 Å². The van der Waals surface area contributed by atoms with Crippen LogP contribution in [0.2, 0.25) is 0 Å². The Kier molecular flexibility index (Phi) is 8.04. The Balaban J connectivity index is 1.24. The summed E-state index contributed by atoms with van der Waals surface area (Å²) in [6.07, 6.45) is 0. The molecule has 58 heavy (non-hydrogen) atoms. The molecule has 11 aromatic rings. The maximum atomic E-state index is 5.43.